The second-order valence-electron chi connectivity index (χ2n) is 19.0. The SMILES string of the molecule is [2H]C([2H])(c1cc(-[n+]2[c-]n(-c3[c-]c(Oc4[c-]c5c(cc4)c4cc(C(C)(C)C)ccc4n5-c4cc(C([2H])([2H])C(C)C)ccn4)c(C(C)(C)C)nc3)c3ccccc32)cc(C([2H])([2H])C(C)C)c1)C(C)C.[Pt]. The molecule has 0 N–H and O–H groups in total. The minimum atomic E-state index is -1.72. The van der Waals surface area contributed by atoms with E-state index < -0.39 is 24.5 Å². The second kappa shape index (κ2) is 17.6. The monoisotopic (exact) mass is 1010 g/mol. The van der Waals surface area contributed by atoms with Crippen LogP contribution < -0.4 is 9.30 Å². The maximum Gasteiger partial charge on any atom is 0.268 e. The van der Waals surface area contributed by atoms with Crippen molar-refractivity contribution in [2.24, 2.45) is 17.8 Å². The van der Waals surface area contributed by atoms with Crippen LogP contribution in [0.4, 0.5) is 0 Å². The van der Waals surface area contributed by atoms with Crippen molar-refractivity contribution < 1.29 is 38.6 Å². The second-order valence-corrected chi connectivity index (χ2v) is 19.0. The Morgan fingerprint density at radius 1 is 0.694 bits per heavy atom. The molecule has 0 amide bonds. The van der Waals surface area contributed by atoms with E-state index in [9.17, 15) is 0 Å². The number of aromatic nitrogens is 5. The van der Waals surface area contributed by atoms with Crippen LogP contribution >= 0.6 is 0 Å². The summed E-state index contributed by atoms with van der Waals surface area (Å²) in [6.45, 7) is 23.9. The average Bonchev–Trinajstić information content (AvgIpc) is 3.81. The van der Waals surface area contributed by atoms with Crippen LogP contribution in [0.15, 0.2) is 97.3 Å². The summed E-state index contributed by atoms with van der Waals surface area (Å²) in [5.74, 6) is 0.442. The van der Waals surface area contributed by atoms with Crippen molar-refractivity contribution in [2.75, 3.05) is 0 Å². The quantitative estimate of drug-likeness (QED) is 0.0958. The van der Waals surface area contributed by atoms with Gasteiger partial charge >= 0.3 is 0 Å². The van der Waals surface area contributed by atoms with Crippen molar-refractivity contribution in [1.29, 1.82) is 0 Å². The van der Waals surface area contributed by atoms with Gasteiger partial charge in [0.1, 0.15) is 5.82 Å². The molecule has 7 heteroatoms. The van der Waals surface area contributed by atoms with Crippen molar-refractivity contribution in [3.05, 3.63) is 144 Å². The smallest absolute Gasteiger partial charge is 0.268 e. The predicted molar refractivity (Wildman–Crippen MR) is 251 cm³/mol. The molecule has 4 heterocycles. The van der Waals surface area contributed by atoms with Crippen molar-refractivity contribution in [1.82, 2.24) is 19.1 Å². The molecule has 0 atom stereocenters. The Morgan fingerprint density at radius 3 is 2.03 bits per heavy atom. The largest absolute Gasteiger partial charge is 0.508 e. The minimum Gasteiger partial charge on any atom is -0.508 e. The predicted octanol–water partition coefficient (Wildman–Crippen LogP) is 13.2. The molecular formula is C55H61N5OPt-2. The van der Waals surface area contributed by atoms with Gasteiger partial charge in [0.25, 0.3) is 6.33 Å². The number of ether oxygens (including phenoxy) is 1. The molecule has 6 nitrogen and oxygen atoms in total. The van der Waals surface area contributed by atoms with Crippen molar-refractivity contribution >= 4 is 32.8 Å². The number of benzene rings is 4. The van der Waals surface area contributed by atoms with Gasteiger partial charge in [-0.3, -0.25) is 4.57 Å². The molecule has 0 saturated heterocycles. The van der Waals surface area contributed by atoms with Crippen molar-refractivity contribution in [2.45, 2.75) is 113 Å². The van der Waals surface area contributed by atoms with Gasteiger partial charge in [-0.15, -0.1) is 23.6 Å². The van der Waals surface area contributed by atoms with Crippen LogP contribution in [0.5, 0.6) is 11.5 Å². The molecule has 0 aliphatic rings. The molecule has 8 aromatic rings. The van der Waals surface area contributed by atoms with E-state index >= 15 is 0 Å². The van der Waals surface area contributed by atoms with E-state index in [0.717, 1.165) is 32.8 Å². The van der Waals surface area contributed by atoms with E-state index in [0.29, 0.717) is 51.1 Å². The number of nitrogens with zero attached hydrogens (tertiary/aromatic N) is 5. The van der Waals surface area contributed by atoms with E-state index in [-0.39, 0.29) is 44.2 Å². The van der Waals surface area contributed by atoms with Gasteiger partial charge in [-0.05, 0) is 106 Å². The fourth-order valence-corrected chi connectivity index (χ4v) is 7.88. The molecule has 0 radical (unpaired) electrons. The summed E-state index contributed by atoms with van der Waals surface area (Å²) in [6, 6.07) is 34.2. The van der Waals surface area contributed by atoms with Gasteiger partial charge in [-0.25, -0.2) is 4.98 Å². The van der Waals surface area contributed by atoms with Gasteiger partial charge < -0.3 is 18.9 Å². The first-order valence-electron chi connectivity index (χ1n) is 24.4. The number of fused-ring (bicyclic) bond motifs is 4. The Labute approximate surface area is 392 Å². The summed E-state index contributed by atoms with van der Waals surface area (Å²) in [5, 5.41) is 1.98. The van der Waals surface area contributed by atoms with Gasteiger partial charge in [0.05, 0.1) is 16.7 Å². The standard InChI is InChI=1S/C55H61N5O.Pt/c1-35(2)23-38-21-22-56-52(29-38)60-47-20-17-41(54(7,8)9)30-46(47)45-19-18-44(32-50(45)60)61-51-31-43(33-57-53(51)55(10,11)12)59-34-58(48-15-13-14-16-49(48)59)42-27-39(24-36(3)4)26-40(28-42)25-37(5)6;/h13-22,26-30,33,35-37H,23-25H2,1-12H3;/q-2;/i23D2,24D2,25D2;. The summed E-state index contributed by atoms with van der Waals surface area (Å²) < 4.78 is 66.6. The Bertz CT molecular complexity index is 3140. The zero-order valence-corrected chi connectivity index (χ0v) is 40.2. The zero-order chi connectivity index (χ0) is 48.8. The van der Waals surface area contributed by atoms with E-state index in [1.807, 2.05) is 97.7 Å². The van der Waals surface area contributed by atoms with Crippen molar-refractivity contribution in [3.8, 4) is 28.7 Å². The molecule has 8 rings (SSSR count). The topological polar surface area (TPSA) is 48.8 Å². The number of pyridine rings is 2. The van der Waals surface area contributed by atoms with Crippen LogP contribution in [0.2, 0.25) is 0 Å². The third-order valence-corrected chi connectivity index (χ3v) is 10.5. The fraction of sp³-hybridized carbons (Fsp3) is 0.364. The van der Waals surface area contributed by atoms with Gasteiger partial charge in [-0.1, -0.05) is 148 Å². The maximum absolute atomic E-state index is 9.05. The average molecular weight is 1010 g/mol. The molecule has 62 heavy (non-hydrogen) atoms. The van der Waals surface area contributed by atoms with Crippen LogP contribution in [0.3, 0.4) is 0 Å². The first kappa shape index (κ1) is 37.5. The third kappa shape index (κ3) is 9.32. The Morgan fingerprint density at radius 2 is 1.37 bits per heavy atom. The first-order valence-corrected chi connectivity index (χ1v) is 21.4. The van der Waals surface area contributed by atoms with Gasteiger partial charge in [0.2, 0.25) is 0 Å². The third-order valence-electron chi connectivity index (χ3n) is 10.5. The Balaban J connectivity index is 0.00000684. The normalized spacial score (nSPS) is 14.5. The number of para-hydroxylation sites is 2. The number of hydrogen-bond acceptors (Lipinski definition) is 3. The number of rotatable bonds is 11. The minimum absolute atomic E-state index is 0. The van der Waals surface area contributed by atoms with Gasteiger partial charge in [-0.2, -0.15) is 6.07 Å². The molecule has 0 fully saturated rings. The van der Waals surface area contributed by atoms with Crippen LogP contribution in [0.25, 0.3) is 50.0 Å². The molecule has 0 unspecified atom stereocenters. The summed E-state index contributed by atoms with van der Waals surface area (Å²) in [5.41, 5.74) is 7.00. The van der Waals surface area contributed by atoms with Crippen molar-refractivity contribution in [3.63, 3.8) is 0 Å². The summed E-state index contributed by atoms with van der Waals surface area (Å²) in [7, 11) is 0. The molecular weight excluding hydrogens is 942 g/mol. The molecule has 4 aromatic carbocycles. The molecule has 324 valence electrons. The number of imidazole rings is 1. The van der Waals surface area contributed by atoms with E-state index in [1.165, 1.54) is 5.56 Å². The van der Waals surface area contributed by atoms with E-state index in [4.69, 9.17) is 22.9 Å². The first-order chi connectivity index (χ1) is 31.2. The van der Waals surface area contributed by atoms with Crippen LogP contribution in [0.1, 0.15) is 119 Å². The Kier molecular flexibility index (Phi) is 10.6. The van der Waals surface area contributed by atoms with E-state index in [1.54, 1.807) is 36.7 Å². The van der Waals surface area contributed by atoms with Crippen LogP contribution in [-0.4, -0.2) is 19.1 Å². The summed E-state index contributed by atoms with van der Waals surface area (Å²) >= 11 is 0. The summed E-state index contributed by atoms with van der Waals surface area (Å²) in [4.78, 5) is 9.82. The van der Waals surface area contributed by atoms with E-state index in [2.05, 4.69) is 78.2 Å². The zero-order valence-electron chi connectivity index (χ0n) is 43.9. The molecule has 0 saturated carbocycles. The molecule has 0 bridgehead atoms. The fourth-order valence-electron chi connectivity index (χ4n) is 7.88. The molecule has 0 aliphatic heterocycles. The molecule has 0 aliphatic carbocycles. The summed E-state index contributed by atoms with van der Waals surface area (Å²) in [6.07, 6.45) is 1.90. The van der Waals surface area contributed by atoms with Gasteiger partial charge in [0.15, 0.2) is 0 Å². The maximum atomic E-state index is 9.05. The van der Waals surface area contributed by atoms with Crippen LogP contribution in [-0.2, 0) is 51.0 Å². The number of hydrogen-bond donors (Lipinski definition) is 0. The van der Waals surface area contributed by atoms with Gasteiger partial charge in [0, 0.05) is 52.5 Å². The molecule has 0 spiro atoms. The van der Waals surface area contributed by atoms with Crippen LogP contribution in [0, 0.1) is 36.2 Å². The molecule has 4 aromatic heterocycles. The Hall–Kier alpha value is -5.06.